The van der Waals surface area contributed by atoms with Crippen molar-refractivity contribution in [2.75, 3.05) is 13.7 Å². The van der Waals surface area contributed by atoms with Gasteiger partial charge in [0.25, 0.3) is 5.56 Å². The molecule has 0 aliphatic heterocycles. The zero-order valence-corrected chi connectivity index (χ0v) is 9.77. The van der Waals surface area contributed by atoms with E-state index in [1.54, 1.807) is 14.2 Å². The van der Waals surface area contributed by atoms with E-state index in [1.165, 1.54) is 16.8 Å². The predicted octanol–water partition coefficient (Wildman–Crippen LogP) is -0.523. The molecule has 0 fully saturated rings. The van der Waals surface area contributed by atoms with E-state index in [1.807, 2.05) is 6.92 Å². The third-order valence-corrected chi connectivity index (χ3v) is 1.99. The Balaban J connectivity index is 0.000000293. The normalized spacial score (nSPS) is 11.5. The van der Waals surface area contributed by atoms with Crippen LogP contribution in [0.1, 0.15) is 13.3 Å². The van der Waals surface area contributed by atoms with Gasteiger partial charge in [0.2, 0.25) is 0 Å². The molecule has 0 aliphatic rings. The molecule has 6 heteroatoms. The highest BCUT2D eigenvalue weighted by atomic mass is 16.5. The van der Waals surface area contributed by atoms with E-state index in [9.17, 15) is 9.59 Å². The molecule has 1 aromatic rings. The first-order valence-corrected chi connectivity index (χ1v) is 4.94. The Hall–Kier alpha value is -1.40. The summed E-state index contributed by atoms with van der Waals surface area (Å²) in [6.45, 7) is 2.11. The second kappa shape index (κ2) is 7.84. The number of nitrogens with one attached hydrogen (secondary N) is 1. The van der Waals surface area contributed by atoms with Crippen LogP contribution in [0.25, 0.3) is 0 Å². The fourth-order valence-corrected chi connectivity index (χ4v) is 0.853. The summed E-state index contributed by atoms with van der Waals surface area (Å²) in [4.78, 5) is 23.0. The van der Waals surface area contributed by atoms with Crippen LogP contribution in [0.2, 0.25) is 0 Å². The van der Waals surface area contributed by atoms with Gasteiger partial charge in [0.15, 0.2) is 0 Å². The van der Waals surface area contributed by atoms with Crippen molar-refractivity contribution in [3.63, 3.8) is 0 Å². The van der Waals surface area contributed by atoms with E-state index in [4.69, 9.17) is 9.84 Å². The third-order valence-electron chi connectivity index (χ3n) is 1.99. The van der Waals surface area contributed by atoms with Crippen LogP contribution < -0.4 is 11.2 Å². The van der Waals surface area contributed by atoms with Crippen LogP contribution in [-0.4, -0.2) is 34.5 Å². The molecule has 2 N–H and O–H groups in total. The maximum absolute atomic E-state index is 10.5. The van der Waals surface area contributed by atoms with Crippen LogP contribution in [0.5, 0.6) is 0 Å². The molecule has 0 bridgehead atoms. The van der Waals surface area contributed by atoms with Crippen molar-refractivity contribution in [2.45, 2.75) is 19.4 Å². The van der Waals surface area contributed by atoms with Crippen molar-refractivity contribution in [2.24, 2.45) is 7.05 Å². The van der Waals surface area contributed by atoms with E-state index < -0.39 is 0 Å². The van der Waals surface area contributed by atoms with Crippen molar-refractivity contribution in [3.8, 4) is 0 Å². The fraction of sp³-hybridized carbons (Fsp3) is 0.600. The maximum Gasteiger partial charge on any atom is 0.328 e. The molecule has 1 aromatic heterocycles. The summed E-state index contributed by atoms with van der Waals surface area (Å²) < 4.78 is 6.09. The number of aryl methyl sites for hydroxylation is 1. The second-order valence-corrected chi connectivity index (χ2v) is 3.17. The number of rotatable bonds is 3. The van der Waals surface area contributed by atoms with Gasteiger partial charge in [0.05, 0.1) is 12.7 Å². The Kier molecular flexibility index (Phi) is 7.15. The lowest BCUT2D eigenvalue weighted by atomic mass is 10.3. The lowest BCUT2D eigenvalue weighted by Gasteiger charge is -2.06. The minimum absolute atomic E-state index is 0.0417. The number of nitrogens with zero attached hydrogens (tertiary/aromatic N) is 1. The van der Waals surface area contributed by atoms with Crippen LogP contribution >= 0.6 is 0 Å². The molecule has 92 valence electrons. The highest BCUT2D eigenvalue weighted by Gasteiger charge is 1.97. The van der Waals surface area contributed by atoms with Crippen molar-refractivity contribution < 1.29 is 9.84 Å². The minimum Gasteiger partial charge on any atom is -0.394 e. The first-order valence-electron chi connectivity index (χ1n) is 4.94. The molecular formula is C10H18N2O4. The van der Waals surface area contributed by atoms with Gasteiger partial charge in [-0.25, -0.2) is 4.79 Å². The SMILES string of the molecule is CC[C@@H](CO)OC.Cn1ccc(=O)[nH]c1=O. The van der Waals surface area contributed by atoms with Crippen LogP contribution in [0.4, 0.5) is 0 Å². The van der Waals surface area contributed by atoms with Gasteiger partial charge < -0.3 is 14.4 Å². The molecule has 1 atom stereocenters. The number of methoxy groups -OCH3 is 1. The molecule has 0 aliphatic carbocycles. The molecule has 0 spiro atoms. The van der Waals surface area contributed by atoms with Gasteiger partial charge in [-0.2, -0.15) is 0 Å². The van der Waals surface area contributed by atoms with Crippen LogP contribution in [-0.2, 0) is 11.8 Å². The second-order valence-electron chi connectivity index (χ2n) is 3.17. The van der Waals surface area contributed by atoms with E-state index in [-0.39, 0.29) is 24.0 Å². The van der Waals surface area contributed by atoms with Gasteiger partial charge in [0, 0.05) is 26.4 Å². The van der Waals surface area contributed by atoms with Crippen molar-refractivity contribution in [1.82, 2.24) is 9.55 Å². The molecule has 0 saturated carbocycles. The standard InChI is InChI=1S/C5H6N2O2.C5H12O2/c1-7-3-2-4(8)6-5(7)9;1-3-5(4-6)7-2/h2-3H,1H3,(H,6,8,9);5-6H,3-4H2,1-2H3/t;5-/m.0/s1. The van der Waals surface area contributed by atoms with E-state index in [0.29, 0.717) is 0 Å². The Morgan fingerprint density at radius 2 is 2.19 bits per heavy atom. The molecule has 1 rings (SSSR count). The first kappa shape index (κ1) is 14.6. The number of aromatic nitrogens is 2. The van der Waals surface area contributed by atoms with Gasteiger partial charge in [-0.3, -0.25) is 9.78 Å². The van der Waals surface area contributed by atoms with Gasteiger partial charge in [-0.05, 0) is 6.42 Å². The Morgan fingerprint density at radius 1 is 1.56 bits per heavy atom. The molecule has 0 radical (unpaired) electrons. The van der Waals surface area contributed by atoms with Crippen LogP contribution in [0.3, 0.4) is 0 Å². The predicted molar refractivity (Wildman–Crippen MR) is 60.5 cm³/mol. The lowest BCUT2D eigenvalue weighted by Crippen LogP contribution is -2.26. The number of aliphatic hydroxyl groups excluding tert-OH is 1. The number of H-pyrrole nitrogens is 1. The first-order chi connectivity index (χ1) is 7.54. The molecule has 0 unspecified atom stereocenters. The lowest BCUT2D eigenvalue weighted by molar-refractivity contribution is 0.0467. The highest BCUT2D eigenvalue weighted by Crippen LogP contribution is 1.91. The van der Waals surface area contributed by atoms with Crippen LogP contribution in [0.15, 0.2) is 21.9 Å². The topological polar surface area (TPSA) is 84.3 Å². The van der Waals surface area contributed by atoms with Crippen LogP contribution in [0, 0.1) is 0 Å². The number of hydrogen-bond donors (Lipinski definition) is 2. The maximum atomic E-state index is 10.5. The average Bonchev–Trinajstić information content (AvgIpc) is 2.27. The van der Waals surface area contributed by atoms with E-state index in [2.05, 4.69) is 4.98 Å². The fourth-order valence-electron chi connectivity index (χ4n) is 0.853. The Bertz CT molecular complexity index is 387. The van der Waals surface area contributed by atoms with Crippen molar-refractivity contribution >= 4 is 0 Å². The molecular weight excluding hydrogens is 212 g/mol. The van der Waals surface area contributed by atoms with Gasteiger partial charge in [-0.15, -0.1) is 0 Å². The summed E-state index contributed by atoms with van der Waals surface area (Å²) in [7, 11) is 3.17. The third kappa shape index (κ3) is 5.47. The number of aromatic amines is 1. The summed E-state index contributed by atoms with van der Waals surface area (Å²) >= 11 is 0. The van der Waals surface area contributed by atoms with Gasteiger partial charge in [0.1, 0.15) is 0 Å². The van der Waals surface area contributed by atoms with Crippen molar-refractivity contribution in [1.29, 1.82) is 0 Å². The summed E-state index contributed by atoms with van der Waals surface area (Å²) in [5, 5.41) is 8.40. The van der Waals surface area contributed by atoms with E-state index >= 15 is 0 Å². The zero-order valence-electron chi connectivity index (χ0n) is 9.77. The van der Waals surface area contributed by atoms with Crippen molar-refractivity contribution in [3.05, 3.63) is 33.1 Å². The number of hydrogen-bond acceptors (Lipinski definition) is 4. The summed E-state index contributed by atoms with van der Waals surface area (Å²) in [5.74, 6) is 0. The molecule has 16 heavy (non-hydrogen) atoms. The summed E-state index contributed by atoms with van der Waals surface area (Å²) in [6, 6.07) is 1.29. The molecule has 1 heterocycles. The minimum atomic E-state index is -0.387. The highest BCUT2D eigenvalue weighted by molar-refractivity contribution is 4.80. The van der Waals surface area contributed by atoms with Gasteiger partial charge in [-0.1, -0.05) is 6.92 Å². The van der Waals surface area contributed by atoms with E-state index in [0.717, 1.165) is 6.42 Å². The Morgan fingerprint density at radius 3 is 2.44 bits per heavy atom. The smallest absolute Gasteiger partial charge is 0.328 e. The largest absolute Gasteiger partial charge is 0.394 e. The molecule has 0 saturated heterocycles. The zero-order chi connectivity index (χ0) is 12.6. The molecule has 6 nitrogen and oxygen atoms in total. The quantitative estimate of drug-likeness (QED) is 0.731. The monoisotopic (exact) mass is 230 g/mol. The molecule has 0 aromatic carbocycles. The number of ether oxygens (including phenoxy) is 1. The van der Waals surface area contributed by atoms with Gasteiger partial charge >= 0.3 is 5.69 Å². The number of aliphatic hydroxyl groups is 1. The summed E-state index contributed by atoms with van der Waals surface area (Å²) in [5.41, 5.74) is -0.749. The molecule has 0 amide bonds. The Labute approximate surface area is 93.5 Å². The summed E-state index contributed by atoms with van der Waals surface area (Å²) in [6.07, 6.45) is 2.34. The average molecular weight is 230 g/mol.